The van der Waals surface area contributed by atoms with E-state index in [1.807, 2.05) is 0 Å². The van der Waals surface area contributed by atoms with E-state index >= 15 is 0 Å². The van der Waals surface area contributed by atoms with Crippen molar-refractivity contribution in [1.82, 2.24) is 5.32 Å². The number of nitrogens with zero attached hydrogens (tertiary/aromatic N) is 1. The number of carbonyl (C=O) groups is 3. The molecule has 3 rings (SSSR count). The minimum atomic E-state index is -3.88. The van der Waals surface area contributed by atoms with Gasteiger partial charge in [0.1, 0.15) is 13.1 Å². The summed E-state index contributed by atoms with van der Waals surface area (Å²) < 4.78 is 31.5. The molecule has 8 nitrogen and oxygen atoms in total. The summed E-state index contributed by atoms with van der Waals surface area (Å²) in [4.78, 5) is 37.9. The summed E-state index contributed by atoms with van der Waals surface area (Å²) >= 11 is 0. The fourth-order valence-electron chi connectivity index (χ4n) is 3.31. The molecule has 1 aliphatic rings. The van der Waals surface area contributed by atoms with E-state index in [0.717, 1.165) is 4.90 Å². The van der Waals surface area contributed by atoms with Crippen molar-refractivity contribution < 1.29 is 27.5 Å². The van der Waals surface area contributed by atoms with Crippen LogP contribution in [0.25, 0.3) is 0 Å². The van der Waals surface area contributed by atoms with Gasteiger partial charge in [-0.15, -0.1) is 0 Å². The van der Waals surface area contributed by atoms with Crippen molar-refractivity contribution in [3.63, 3.8) is 0 Å². The number of hydrogen-bond acceptors (Lipinski definition) is 6. The van der Waals surface area contributed by atoms with E-state index in [1.54, 1.807) is 49.4 Å². The Bertz CT molecular complexity index is 1050. The van der Waals surface area contributed by atoms with Crippen molar-refractivity contribution in [2.75, 3.05) is 24.6 Å². The predicted molar refractivity (Wildman–Crippen MR) is 109 cm³/mol. The van der Waals surface area contributed by atoms with E-state index in [0.29, 0.717) is 5.56 Å². The lowest BCUT2D eigenvalue weighted by Gasteiger charge is -2.21. The van der Waals surface area contributed by atoms with Gasteiger partial charge in [-0.1, -0.05) is 42.5 Å². The molecule has 2 aromatic rings. The molecule has 0 bridgehead atoms. The highest BCUT2D eigenvalue weighted by Crippen LogP contribution is 2.40. The molecule has 0 saturated heterocycles. The number of rotatable bonds is 6. The quantitative estimate of drug-likeness (QED) is 0.698. The average molecular weight is 430 g/mol. The second kappa shape index (κ2) is 9.08. The summed E-state index contributed by atoms with van der Waals surface area (Å²) in [5.74, 6) is -1.69. The number of sulfone groups is 1. The first-order valence-electron chi connectivity index (χ1n) is 9.45. The number of esters is 1. The van der Waals surface area contributed by atoms with Crippen molar-refractivity contribution in [3.8, 4) is 0 Å². The lowest BCUT2D eigenvalue weighted by Crippen LogP contribution is -2.42. The molecule has 158 valence electrons. The van der Waals surface area contributed by atoms with E-state index in [1.165, 1.54) is 12.1 Å². The van der Waals surface area contributed by atoms with Crippen molar-refractivity contribution in [2.24, 2.45) is 0 Å². The molecule has 1 N–H and O–H groups in total. The Balaban J connectivity index is 1.92. The maximum absolute atomic E-state index is 13.3. The smallest absolute Gasteiger partial charge is 0.325 e. The molecule has 0 aromatic heterocycles. The van der Waals surface area contributed by atoms with Crippen molar-refractivity contribution in [3.05, 3.63) is 60.2 Å². The van der Waals surface area contributed by atoms with Gasteiger partial charge in [0.25, 0.3) is 0 Å². The third-order valence-electron chi connectivity index (χ3n) is 4.71. The van der Waals surface area contributed by atoms with Crippen LogP contribution in [0.4, 0.5) is 5.69 Å². The minimum absolute atomic E-state index is 0.0112. The van der Waals surface area contributed by atoms with Crippen LogP contribution in [0.15, 0.2) is 59.5 Å². The van der Waals surface area contributed by atoms with Gasteiger partial charge in [0.15, 0.2) is 9.84 Å². The molecule has 0 fully saturated rings. The van der Waals surface area contributed by atoms with Crippen LogP contribution in [0.5, 0.6) is 0 Å². The van der Waals surface area contributed by atoms with E-state index in [-0.39, 0.29) is 30.2 Å². The summed E-state index contributed by atoms with van der Waals surface area (Å²) in [5, 5.41) is 1.34. The highest BCUT2D eigenvalue weighted by molar-refractivity contribution is 7.92. The Labute approximate surface area is 174 Å². The van der Waals surface area contributed by atoms with Crippen LogP contribution in [0.2, 0.25) is 0 Å². The van der Waals surface area contributed by atoms with E-state index in [4.69, 9.17) is 4.74 Å². The SMILES string of the molecule is CCOC(=O)CNC(=O)CN1C(=O)C[C@@H](c2ccccc2)S(=O)(=O)c2ccccc21. The van der Waals surface area contributed by atoms with Crippen LogP contribution in [0.3, 0.4) is 0 Å². The molecule has 1 heterocycles. The molecule has 0 saturated carbocycles. The van der Waals surface area contributed by atoms with E-state index in [2.05, 4.69) is 5.32 Å². The molecule has 30 heavy (non-hydrogen) atoms. The zero-order valence-electron chi connectivity index (χ0n) is 16.4. The molecule has 9 heteroatoms. The van der Waals surface area contributed by atoms with Crippen molar-refractivity contribution >= 4 is 33.3 Å². The Kier molecular flexibility index (Phi) is 6.51. The first-order chi connectivity index (χ1) is 14.3. The summed E-state index contributed by atoms with van der Waals surface area (Å²) in [7, 11) is -3.88. The number of anilines is 1. The second-order valence-corrected chi connectivity index (χ2v) is 8.78. The lowest BCUT2D eigenvalue weighted by atomic mass is 10.1. The molecule has 0 spiro atoms. The zero-order chi connectivity index (χ0) is 21.7. The Morgan fingerprint density at radius 1 is 1.10 bits per heavy atom. The number of nitrogens with one attached hydrogen (secondary N) is 1. The molecule has 0 radical (unpaired) electrons. The fourth-order valence-corrected chi connectivity index (χ4v) is 5.23. The molecule has 1 atom stereocenters. The number of para-hydroxylation sites is 1. The maximum atomic E-state index is 13.3. The topological polar surface area (TPSA) is 110 Å². The third-order valence-corrected chi connectivity index (χ3v) is 6.85. The second-order valence-electron chi connectivity index (χ2n) is 6.68. The number of fused-ring (bicyclic) bond motifs is 1. The maximum Gasteiger partial charge on any atom is 0.325 e. The average Bonchev–Trinajstić information content (AvgIpc) is 2.82. The molecule has 2 aromatic carbocycles. The number of hydrogen-bond donors (Lipinski definition) is 1. The van der Waals surface area contributed by atoms with Crippen LogP contribution < -0.4 is 10.2 Å². The number of carbonyl (C=O) groups excluding carboxylic acids is 3. The fraction of sp³-hybridized carbons (Fsp3) is 0.286. The van der Waals surface area contributed by atoms with Crippen LogP contribution >= 0.6 is 0 Å². The number of amides is 2. The minimum Gasteiger partial charge on any atom is -0.465 e. The van der Waals surface area contributed by atoms with Crippen molar-refractivity contribution in [2.45, 2.75) is 23.5 Å². The van der Waals surface area contributed by atoms with Gasteiger partial charge in [-0.2, -0.15) is 0 Å². The summed E-state index contributed by atoms with van der Waals surface area (Å²) in [6.45, 7) is 1.09. The van der Waals surface area contributed by atoms with Gasteiger partial charge in [-0.3, -0.25) is 14.4 Å². The molecule has 0 aliphatic carbocycles. The number of benzene rings is 2. The summed E-state index contributed by atoms with van der Waals surface area (Å²) in [6.07, 6.45) is -0.299. The van der Waals surface area contributed by atoms with Crippen molar-refractivity contribution in [1.29, 1.82) is 0 Å². The van der Waals surface area contributed by atoms with E-state index < -0.39 is 39.4 Å². The standard InChI is InChI=1S/C21H22N2O6S/c1-2-29-21(26)13-22-19(24)14-23-16-10-6-7-11-17(16)30(27,28)18(12-20(23)25)15-8-4-3-5-9-15/h3-11,18H,2,12-14H2,1H3,(H,22,24)/t18-/m0/s1. The monoisotopic (exact) mass is 430 g/mol. The summed E-state index contributed by atoms with van der Waals surface area (Å²) in [6, 6.07) is 14.6. The Morgan fingerprint density at radius 3 is 2.47 bits per heavy atom. The van der Waals surface area contributed by atoms with Gasteiger partial charge in [0.2, 0.25) is 11.8 Å². The Hall–Kier alpha value is -3.20. The largest absolute Gasteiger partial charge is 0.465 e. The first-order valence-corrected chi connectivity index (χ1v) is 11.0. The third kappa shape index (κ3) is 4.51. The van der Waals surface area contributed by atoms with Gasteiger partial charge in [-0.25, -0.2) is 8.42 Å². The van der Waals surface area contributed by atoms with E-state index in [9.17, 15) is 22.8 Å². The normalized spacial score (nSPS) is 17.6. The van der Waals surface area contributed by atoms with Gasteiger partial charge in [0, 0.05) is 6.42 Å². The van der Waals surface area contributed by atoms with Crippen LogP contribution in [0, 0.1) is 0 Å². The first kappa shape index (κ1) is 21.5. The predicted octanol–water partition coefficient (Wildman–Crippen LogP) is 1.62. The van der Waals surface area contributed by atoms with Crippen LogP contribution in [0.1, 0.15) is 24.2 Å². The molecular formula is C21H22N2O6S. The molecular weight excluding hydrogens is 408 g/mol. The highest BCUT2D eigenvalue weighted by atomic mass is 32.2. The summed E-state index contributed by atoms with van der Waals surface area (Å²) in [5.41, 5.74) is 0.654. The number of ether oxygens (including phenoxy) is 1. The van der Waals surface area contributed by atoms with Gasteiger partial charge in [0.05, 0.1) is 22.4 Å². The molecule has 0 unspecified atom stereocenters. The van der Waals surface area contributed by atoms with Gasteiger partial charge >= 0.3 is 5.97 Å². The zero-order valence-corrected chi connectivity index (χ0v) is 17.2. The molecule has 1 aliphatic heterocycles. The van der Waals surface area contributed by atoms with Crippen LogP contribution in [-0.2, 0) is 29.0 Å². The van der Waals surface area contributed by atoms with Crippen LogP contribution in [-0.4, -0.2) is 45.9 Å². The molecule has 2 amide bonds. The Morgan fingerprint density at radius 2 is 1.77 bits per heavy atom. The van der Waals surface area contributed by atoms with Gasteiger partial charge < -0.3 is 15.0 Å². The van der Waals surface area contributed by atoms with Gasteiger partial charge in [-0.05, 0) is 24.6 Å². The lowest BCUT2D eigenvalue weighted by molar-refractivity contribution is -0.143. The highest BCUT2D eigenvalue weighted by Gasteiger charge is 2.39.